The highest BCUT2D eigenvalue weighted by molar-refractivity contribution is 5.90. The molecular weight excluding hydrogens is 394 g/mol. The molecule has 0 bridgehead atoms. The van der Waals surface area contributed by atoms with Gasteiger partial charge in [-0.05, 0) is 22.9 Å². The minimum Gasteiger partial charge on any atom is -0.507 e. The predicted octanol–water partition coefficient (Wildman–Crippen LogP) is 1.70. The van der Waals surface area contributed by atoms with E-state index in [0.717, 1.165) is 0 Å². The van der Waals surface area contributed by atoms with E-state index < -0.39 is 11.3 Å². The zero-order chi connectivity index (χ0) is 21.1. The number of carbonyl (C=O) groups is 1. The summed E-state index contributed by atoms with van der Waals surface area (Å²) in [5.41, 5.74) is 0.615. The monoisotopic (exact) mass is 409 g/mol. The highest BCUT2D eigenvalue weighted by atomic mass is 16.5. The van der Waals surface area contributed by atoms with E-state index in [4.69, 9.17) is 13.9 Å². The normalized spacial score (nSPS) is 10.7. The first-order valence-corrected chi connectivity index (χ1v) is 8.64. The van der Waals surface area contributed by atoms with E-state index in [1.165, 1.54) is 18.4 Å². The number of hydrogen-bond acceptors (Lipinski definition) is 9. The molecule has 0 aliphatic rings. The van der Waals surface area contributed by atoms with Crippen LogP contribution in [0.1, 0.15) is 0 Å². The average molecular weight is 409 g/mol. The average Bonchev–Trinajstić information content (AvgIpc) is 3.25. The number of aromatic amines is 1. The van der Waals surface area contributed by atoms with Crippen LogP contribution in [0.5, 0.6) is 17.2 Å². The lowest BCUT2D eigenvalue weighted by molar-refractivity contribution is -0.118. The second kappa shape index (κ2) is 7.91. The van der Waals surface area contributed by atoms with Gasteiger partial charge in [0.25, 0.3) is 11.9 Å². The van der Waals surface area contributed by atoms with Crippen LogP contribution in [0.2, 0.25) is 0 Å². The molecule has 152 valence electrons. The smallest absolute Gasteiger partial charge is 0.269 e. The van der Waals surface area contributed by atoms with Crippen molar-refractivity contribution in [3.8, 4) is 28.4 Å². The molecule has 0 aliphatic heterocycles. The second-order valence-electron chi connectivity index (χ2n) is 6.09. The zero-order valence-electron chi connectivity index (χ0n) is 15.6. The molecule has 0 unspecified atom stereocenters. The van der Waals surface area contributed by atoms with Crippen LogP contribution < -0.4 is 20.2 Å². The van der Waals surface area contributed by atoms with Gasteiger partial charge in [-0.1, -0.05) is 17.2 Å². The lowest BCUT2D eigenvalue weighted by Gasteiger charge is -2.09. The van der Waals surface area contributed by atoms with E-state index in [9.17, 15) is 14.7 Å². The van der Waals surface area contributed by atoms with E-state index in [-0.39, 0.29) is 40.6 Å². The third-order valence-corrected chi connectivity index (χ3v) is 4.20. The SMILES string of the molecule is COc1ccc(-c2coc3cc(OCC(=O)Nc4nn[nH]n4)cc(O)c3c2=O)cc1. The molecule has 4 rings (SSSR count). The third-order valence-electron chi connectivity index (χ3n) is 4.20. The van der Waals surface area contributed by atoms with Gasteiger partial charge in [-0.2, -0.15) is 5.21 Å². The van der Waals surface area contributed by atoms with Gasteiger partial charge in [0.05, 0.1) is 12.7 Å². The number of anilines is 1. The molecule has 4 aromatic rings. The highest BCUT2D eigenvalue weighted by Crippen LogP contribution is 2.30. The number of hydrogen-bond donors (Lipinski definition) is 3. The molecule has 2 aromatic heterocycles. The summed E-state index contributed by atoms with van der Waals surface area (Å²) in [6, 6.07) is 9.51. The van der Waals surface area contributed by atoms with Crippen molar-refractivity contribution in [1.82, 2.24) is 20.6 Å². The Labute approximate surface area is 168 Å². The minimum absolute atomic E-state index is 0.00187. The largest absolute Gasteiger partial charge is 0.507 e. The van der Waals surface area contributed by atoms with Gasteiger partial charge >= 0.3 is 0 Å². The number of tetrazole rings is 1. The molecule has 0 atom stereocenters. The third kappa shape index (κ3) is 3.76. The van der Waals surface area contributed by atoms with E-state index in [0.29, 0.717) is 11.3 Å². The number of nitrogens with zero attached hydrogens (tertiary/aromatic N) is 3. The van der Waals surface area contributed by atoms with Gasteiger partial charge in [0.1, 0.15) is 34.5 Å². The fourth-order valence-corrected chi connectivity index (χ4v) is 2.79. The van der Waals surface area contributed by atoms with Gasteiger partial charge < -0.3 is 19.0 Å². The summed E-state index contributed by atoms with van der Waals surface area (Å²) in [7, 11) is 1.55. The van der Waals surface area contributed by atoms with Crippen LogP contribution in [-0.4, -0.2) is 45.4 Å². The Morgan fingerprint density at radius 1 is 1.23 bits per heavy atom. The molecule has 2 aromatic carbocycles. The number of nitrogens with one attached hydrogen (secondary N) is 2. The van der Waals surface area contributed by atoms with Gasteiger partial charge in [-0.3, -0.25) is 14.9 Å². The number of amides is 1. The Morgan fingerprint density at radius 3 is 2.73 bits per heavy atom. The van der Waals surface area contributed by atoms with Crippen molar-refractivity contribution in [3.05, 3.63) is 52.9 Å². The fourth-order valence-electron chi connectivity index (χ4n) is 2.79. The number of aromatic hydroxyl groups is 1. The van der Waals surface area contributed by atoms with Gasteiger partial charge in [0.2, 0.25) is 5.43 Å². The van der Waals surface area contributed by atoms with Crippen molar-refractivity contribution in [3.63, 3.8) is 0 Å². The Morgan fingerprint density at radius 2 is 2.03 bits per heavy atom. The summed E-state index contributed by atoms with van der Waals surface area (Å²) in [5, 5.41) is 25.4. The van der Waals surface area contributed by atoms with Crippen molar-refractivity contribution in [2.24, 2.45) is 0 Å². The van der Waals surface area contributed by atoms with E-state index in [1.54, 1.807) is 31.4 Å². The summed E-state index contributed by atoms with van der Waals surface area (Å²) in [5.74, 6) is -0.0694. The van der Waals surface area contributed by atoms with Gasteiger partial charge in [-0.15, -0.1) is 5.10 Å². The number of benzene rings is 2. The van der Waals surface area contributed by atoms with Gasteiger partial charge in [0, 0.05) is 12.1 Å². The van der Waals surface area contributed by atoms with Gasteiger partial charge in [-0.25, -0.2) is 0 Å². The van der Waals surface area contributed by atoms with Crippen LogP contribution in [0.15, 0.2) is 51.9 Å². The number of ether oxygens (including phenoxy) is 2. The molecule has 0 fully saturated rings. The maximum absolute atomic E-state index is 12.9. The van der Waals surface area contributed by atoms with Crippen molar-refractivity contribution in [1.29, 1.82) is 0 Å². The number of fused-ring (bicyclic) bond motifs is 1. The number of phenolic OH excluding ortho intramolecular Hbond substituents is 1. The lowest BCUT2D eigenvalue weighted by Crippen LogP contribution is -2.21. The van der Waals surface area contributed by atoms with Crippen molar-refractivity contribution >= 4 is 22.8 Å². The molecule has 2 heterocycles. The molecule has 0 saturated heterocycles. The van der Waals surface area contributed by atoms with Crippen molar-refractivity contribution in [2.75, 3.05) is 19.0 Å². The molecule has 0 radical (unpaired) electrons. The second-order valence-corrected chi connectivity index (χ2v) is 6.09. The van der Waals surface area contributed by atoms with Crippen LogP contribution in [0.3, 0.4) is 0 Å². The maximum Gasteiger partial charge on any atom is 0.269 e. The molecule has 11 nitrogen and oxygen atoms in total. The molecule has 0 aliphatic carbocycles. The van der Waals surface area contributed by atoms with Gasteiger partial charge in [0.15, 0.2) is 6.61 Å². The number of rotatable bonds is 6. The first-order valence-electron chi connectivity index (χ1n) is 8.64. The van der Waals surface area contributed by atoms with E-state index in [2.05, 4.69) is 25.9 Å². The number of phenols is 1. The highest BCUT2D eigenvalue weighted by Gasteiger charge is 2.15. The Kier molecular flexibility index (Phi) is 4.99. The first kappa shape index (κ1) is 18.9. The Bertz CT molecular complexity index is 1250. The molecule has 0 spiro atoms. The zero-order valence-corrected chi connectivity index (χ0v) is 15.6. The lowest BCUT2D eigenvalue weighted by atomic mass is 10.0. The Hall–Kier alpha value is -4.41. The van der Waals surface area contributed by atoms with Crippen LogP contribution in [0.25, 0.3) is 22.1 Å². The molecule has 1 amide bonds. The van der Waals surface area contributed by atoms with E-state index >= 15 is 0 Å². The van der Waals surface area contributed by atoms with Crippen LogP contribution in [0.4, 0.5) is 5.95 Å². The number of methoxy groups -OCH3 is 1. The minimum atomic E-state index is -0.535. The number of carbonyl (C=O) groups excluding carboxylic acids is 1. The summed E-state index contributed by atoms with van der Waals surface area (Å²) in [4.78, 5) is 24.7. The van der Waals surface area contributed by atoms with Crippen molar-refractivity contribution in [2.45, 2.75) is 0 Å². The summed E-state index contributed by atoms with van der Waals surface area (Å²) in [6.07, 6.45) is 1.30. The summed E-state index contributed by atoms with van der Waals surface area (Å²) in [6.45, 7) is -0.381. The molecule has 0 saturated carbocycles. The molecule has 11 heteroatoms. The maximum atomic E-state index is 12.9. The predicted molar refractivity (Wildman–Crippen MR) is 104 cm³/mol. The molecule has 3 N–H and O–H groups in total. The van der Waals surface area contributed by atoms with E-state index in [1.807, 2.05) is 0 Å². The van der Waals surface area contributed by atoms with Crippen LogP contribution >= 0.6 is 0 Å². The Balaban J connectivity index is 1.58. The van der Waals surface area contributed by atoms with Crippen LogP contribution in [-0.2, 0) is 4.79 Å². The topological polar surface area (TPSA) is 152 Å². The number of aromatic nitrogens is 4. The first-order chi connectivity index (χ1) is 14.5. The molecular formula is C19H15N5O6. The van der Waals surface area contributed by atoms with Crippen molar-refractivity contribution < 1.29 is 23.8 Å². The quantitative estimate of drug-likeness (QED) is 0.432. The number of H-pyrrole nitrogens is 1. The van der Waals surface area contributed by atoms with Crippen LogP contribution in [0, 0.1) is 0 Å². The fraction of sp³-hybridized carbons (Fsp3) is 0.105. The standard InChI is InChI=1S/C19H15N5O6/c1-28-11-4-2-10(3-5-11)13-8-30-15-7-12(6-14(25)17(15)18(13)27)29-9-16(26)20-19-21-23-24-22-19/h2-8,25H,9H2,1H3,(H2,20,21,22,23,24,26). The summed E-state index contributed by atoms with van der Waals surface area (Å²) >= 11 is 0. The summed E-state index contributed by atoms with van der Waals surface area (Å²) < 4.78 is 16.0. The molecule has 30 heavy (non-hydrogen) atoms.